The van der Waals surface area contributed by atoms with Gasteiger partial charge in [0.05, 0.1) is 0 Å². The molecule has 5 aliphatic carbocycles. The van der Waals surface area contributed by atoms with Crippen LogP contribution in [0.25, 0.3) is 0 Å². The minimum atomic E-state index is 0.853. The fraction of sp³-hybridized carbons (Fsp3) is 1.00. The Morgan fingerprint density at radius 3 is 0.839 bits per heavy atom. The molecule has 1 nitrogen and oxygen atoms in total. The van der Waals surface area contributed by atoms with Crippen molar-refractivity contribution >= 4 is 0 Å². The van der Waals surface area contributed by atoms with Crippen molar-refractivity contribution in [3.63, 3.8) is 0 Å². The Labute approximate surface area is 194 Å². The topological polar surface area (TPSA) is 12.0 Å². The highest BCUT2D eigenvalue weighted by molar-refractivity contribution is 4.89. The first kappa shape index (κ1) is 22.7. The largest absolute Gasteiger partial charge is 0.311 e. The van der Waals surface area contributed by atoms with Gasteiger partial charge >= 0.3 is 0 Å². The third-order valence-corrected chi connectivity index (χ3v) is 11.1. The van der Waals surface area contributed by atoms with Crippen LogP contribution >= 0.6 is 0 Å². The molecule has 1 N–H and O–H groups in total. The first-order valence-electron chi connectivity index (χ1n) is 15.1. The lowest BCUT2D eigenvalue weighted by atomic mass is 9.66. The van der Waals surface area contributed by atoms with E-state index in [4.69, 9.17) is 0 Å². The zero-order valence-electron chi connectivity index (χ0n) is 20.7. The van der Waals surface area contributed by atoms with Gasteiger partial charge in [-0.15, -0.1) is 0 Å². The molecule has 0 atom stereocenters. The van der Waals surface area contributed by atoms with E-state index in [9.17, 15) is 0 Å². The van der Waals surface area contributed by atoms with Crippen LogP contribution in [-0.4, -0.2) is 12.1 Å². The molecule has 1 heteroatoms. The fourth-order valence-electron chi connectivity index (χ4n) is 9.15. The molecule has 5 rings (SSSR count). The molecule has 0 saturated heterocycles. The van der Waals surface area contributed by atoms with E-state index in [0.717, 1.165) is 47.6 Å². The van der Waals surface area contributed by atoms with Crippen LogP contribution < -0.4 is 5.32 Å². The van der Waals surface area contributed by atoms with Gasteiger partial charge in [-0.1, -0.05) is 64.2 Å². The van der Waals surface area contributed by atoms with Crippen molar-refractivity contribution in [2.75, 3.05) is 0 Å². The van der Waals surface area contributed by atoms with E-state index in [0.29, 0.717) is 0 Å². The summed E-state index contributed by atoms with van der Waals surface area (Å²) in [6, 6.07) is 1.71. The van der Waals surface area contributed by atoms with Gasteiger partial charge in [-0.3, -0.25) is 0 Å². The van der Waals surface area contributed by atoms with Gasteiger partial charge in [-0.05, 0) is 113 Å². The van der Waals surface area contributed by atoms with Gasteiger partial charge < -0.3 is 5.32 Å². The van der Waals surface area contributed by atoms with Crippen molar-refractivity contribution in [3.8, 4) is 0 Å². The highest BCUT2D eigenvalue weighted by Gasteiger charge is 2.35. The Balaban J connectivity index is 0.979. The maximum absolute atomic E-state index is 4.15. The summed E-state index contributed by atoms with van der Waals surface area (Å²) in [6.45, 7) is 0. The smallest absolute Gasteiger partial charge is 0.00698 e. The summed E-state index contributed by atoms with van der Waals surface area (Å²) < 4.78 is 0. The maximum Gasteiger partial charge on any atom is 0.00698 e. The molecule has 0 aromatic carbocycles. The zero-order chi connectivity index (χ0) is 20.9. The van der Waals surface area contributed by atoms with Crippen molar-refractivity contribution in [1.82, 2.24) is 5.32 Å². The van der Waals surface area contributed by atoms with Gasteiger partial charge in [0.15, 0.2) is 0 Å². The molecule has 0 bridgehead atoms. The highest BCUT2D eigenvalue weighted by atomic mass is 15.0. The van der Waals surface area contributed by atoms with Crippen molar-refractivity contribution in [2.24, 2.45) is 35.5 Å². The maximum atomic E-state index is 4.15. The minimum Gasteiger partial charge on any atom is -0.311 e. The molecule has 178 valence electrons. The summed E-state index contributed by atoms with van der Waals surface area (Å²) >= 11 is 0. The molecule has 5 fully saturated rings. The van der Waals surface area contributed by atoms with Crippen LogP contribution in [0.4, 0.5) is 0 Å². The number of hydrogen-bond acceptors (Lipinski definition) is 1. The van der Waals surface area contributed by atoms with Crippen molar-refractivity contribution in [2.45, 2.75) is 153 Å². The summed E-state index contributed by atoms with van der Waals surface area (Å²) in [4.78, 5) is 0. The summed E-state index contributed by atoms with van der Waals surface area (Å²) in [5, 5.41) is 4.15. The first-order chi connectivity index (χ1) is 15.3. The second kappa shape index (κ2) is 11.4. The van der Waals surface area contributed by atoms with Gasteiger partial charge in [0, 0.05) is 12.1 Å². The quantitative estimate of drug-likeness (QED) is 0.463. The average molecular weight is 428 g/mol. The van der Waals surface area contributed by atoms with E-state index in [2.05, 4.69) is 5.32 Å². The zero-order valence-corrected chi connectivity index (χ0v) is 20.7. The van der Waals surface area contributed by atoms with Crippen molar-refractivity contribution in [1.29, 1.82) is 0 Å². The molecule has 0 aromatic rings. The third-order valence-electron chi connectivity index (χ3n) is 11.1. The van der Waals surface area contributed by atoms with Gasteiger partial charge in [0.1, 0.15) is 0 Å². The van der Waals surface area contributed by atoms with Gasteiger partial charge in [-0.2, -0.15) is 0 Å². The standard InChI is InChI=1S/C30H53N/c1-3-7-23(8-4-1)25-11-13-26(14-12-25)28-17-21-30(22-18-28)31-29-19-15-27(16-20-29)24-9-5-2-6-10-24/h23-31H,1-22H2. The fourth-order valence-corrected chi connectivity index (χ4v) is 9.15. The van der Waals surface area contributed by atoms with Crippen molar-refractivity contribution in [3.05, 3.63) is 0 Å². The summed E-state index contributed by atoms with van der Waals surface area (Å²) in [5.74, 6) is 6.57. The molecular weight excluding hydrogens is 374 g/mol. The predicted molar refractivity (Wildman–Crippen MR) is 133 cm³/mol. The summed E-state index contributed by atoms with van der Waals surface area (Å²) in [7, 11) is 0. The van der Waals surface area contributed by atoms with Crippen LogP contribution in [0.5, 0.6) is 0 Å². The van der Waals surface area contributed by atoms with Gasteiger partial charge in [-0.25, -0.2) is 0 Å². The van der Waals surface area contributed by atoms with Crippen LogP contribution in [0.2, 0.25) is 0 Å². The Bertz CT molecular complexity index is 493. The monoisotopic (exact) mass is 427 g/mol. The molecule has 0 aliphatic heterocycles. The Morgan fingerprint density at radius 1 is 0.258 bits per heavy atom. The molecule has 0 spiro atoms. The summed E-state index contributed by atoms with van der Waals surface area (Å²) in [6.07, 6.45) is 33.7. The average Bonchev–Trinajstić information content (AvgIpc) is 2.86. The van der Waals surface area contributed by atoms with Crippen LogP contribution in [0.15, 0.2) is 0 Å². The Morgan fingerprint density at radius 2 is 0.516 bits per heavy atom. The number of nitrogens with one attached hydrogen (secondary N) is 1. The lowest BCUT2D eigenvalue weighted by molar-refractivity contribution is 0.112. The van der Waals surface area contributed by atoms with E-state index >= 15 is 0 Å². The summed E-state index contributed by atoms with van der Waals surface area (Å²) in [5.41, 5.74) is 0. The molecular formula is C30H53N. The molecule has 31 heavy (non-hydrogen) atoms. The van der Waals surface area contributed by atoms with Crippen LogP contribution in [0, 0.1) is 35.5 Å². The van der Waals surface area contributed by atoms with Crippen LogP contribution in [-0.2, 0) is 0 Å². The van der Waals surface area contributed by atoms with Crippen LogP contribution in [0.1, 0.15) is 141 Å². The molecule has 0 aromatic heterocycles. The van der Waals surface area contributed by atoms with Gasteiger partial charge in [0.2, 0.25) is 0 Å². The third kappa shape index (κ3) is 6.10. The SMILES string of the molecule is C1CCC(C2CCC(NC3CCC(C4CCC(C5CCCCC5)CC4)CC3)CC2)CC1. The minimum absolute atomic E-state index is 0.853. The molecule has 5 saturated carbocycles. The van der Waals surface area contributed by atoms with E-state index in [-0.39, 0.29) is 0 Å². The Kier molecular flexibility index (Phi) is 8.36. The second-order valence-corrected chi connectivity index (χ2v) is 12.9. The first-order valence-corrected chi connectivity index (χ1v) is 15.1. The lowest BCUT2D eigenvalue weighted by Gasteiger charge is -2.42. The lowest BCUT2D eigenvalue weighted by Crippen LogP contribution is -2.43. The predicted octanol–water partition coefficient (Wildman–Crippen LogP) is 8.66. The van der Waals surface area contributed by atoms with Crippen LogP contribution in [0.3, 0.4) is 0 Å². The molecule has 0 amide bonds. The molecule has 0 heterocycles. The molecule has 0 unspecified atom stereocenters. The molecule has 5 aliphatic rings. The normalized spacial score (nSPS) is 41.8. The highest BCUT2D eigenvalue weighted by Crippen LogP contribution is 2.45. The van der Waals surface area contributed by atoms with E-state index in [1.54, 1.807) is 51.4 Å². The Hall–Kier alpha value is -0.0400. The second-order valence-electron chi connectivity index (χ2n) is 12.9. The van der Waals surface area contributed by atoms with Crippen molar-refractivity contribution < 1.29 is 0 Å². The number of hydrogen-bond donors (Lipinski definition) is 1. The van der Waals surface area contributed by atoms with Gasteiger partial charge in [0.25, 0.3) is 0 Å². The number of rotatable bonds is 5. The van der Waals surface area contributed by atoms with E-state index in [1.165, 1.54) is 89.9 Å². The van der Waals surface area contributed by atoms with E-state index < -0.39 is 0 Å². The molecule has 0 radical (unpaired) electrons. The van der Waals surface area contributed by atoms with E-state index in [1.807, 2.05) is 0 Å².